The lowest BCUT2D eigenvalue weighted by molar-refractivity contribution is -0.137. The van der Waals surface area contributed by atoms with Crippen LogP contribution >= 0.6 is 11.3 Å². The van der Waals surface area contributed by atoms with E-state index in [1.54, 1.807) is 19.3 Å². The molecule has 0 saturated heterocycles. The van der Waals surface area contributed by atoms with Gasteiger partial charge in [-0.15, -0.1) is 0 Å². The maximum absolute atomic E-state index is 12.8. The van der Waals surface area contributed by atoms with Crippen LogP contribution in [0.4, 0.5) is 29.9 Å². The Morgan fingerprint density at radius 1 is 1.12 bits per heavy atom. The number of nitrogens with zero attached hydrogens (tertiary/aromatic N) is 3. The maximum Gasteiger partial charge on any atom is 0.416 e. The first-order valence-corrected chi connectivity index (χ1v) is 8.11. The van der Waals surface area contributed by atoms with Crippen LogP contribution in [-0.2, 0) is 6.18 Å². The molecule has 3 rings (SSSR count). The summed E-state index contributed by atoms with van der Waals surface area (Å²) >= 11 is 1.44. The number of aryl methyl sites for hydroxylation is 1. The summed E-state index contributed by atoms with van der Waals surface area (Å²) < 4.78 is 38.4. The molecule has 5 nitrogen and oxygen atoms in total. The lowest BCUT2D eigenvalue weighted by atomic mass is 10.2. The van der Waals surface area contributed by atoms with Crippen LogP contribution < -0.4 is 10.6 Å². The Bertz CT molecular complexity index is 891. The molecule has 2 aromatic heterocycles. The fourth-order valence-corrected chi connectivity index (χ4v) is 3.08. The molecule has 25 heavy (non-hydrogen) atoms. The number of hydrogen-bond donors (Lipinski definition) is 2. The largest absolute Gasteiger partial charge is 0.416 e. The van der Waals surface area contributed by atoms with E-state index in [-0.39, 0.29) is 11.6 Å². The van der Waals surface area contributed by atoms with Crippen molar-refractivity contribution in [1.82, 2.24) is 15.0 Å². The van der Waals surface area contributed by atoms with Crippen LogP contribution in [0.2, 0.25) is 0 Å². The van der Waals surface area contributed by atoms with E-state index in [9.17, 15) is 13.2 Å². The van der Waals surface area contributed by atoms with Crippen LogP contribution in [-0.4, -0.2) is 22.0 Å². The van der Waals surface area contributed by atoms with Crippen molar-refractivity contribution in [2.24, 2.45) is 0 Å². The maximum atomic E-state index is 12.8. The fourth-order valence-electron chi connectivity index (χ4n) is 2.19. The molecule has 0 radical (unpaired) electrons. The van der Waals surface area contributed by atoms with Crippen molar-refractivity contribution >= 4 is 28.1 Å². The van der Waals surface area contributed by atoms with Gasteiger partial charge in [-0.2, -0.15) is 13.2 Å². The first-order valence-electron chi connectivity index (χ1n) is 7.29. The van der Waals surface area contributed by atoms with Crippen LogP contribution in [0.15, 0.2) is 36.5 Å². The molecule has 1 aromatic carbocycles. The number of alkyl halides is 3. The predicted octanol–water partition coefficient (Wildman–Crippen LogP) is 4.71. The molecule has 0 fully saturated rings. The summed E-state index contributed by atoms with van der Waals surface area (Å²) in [5, 5.41) is 6.55. The minimum absolute atomic E-state index is 0.218. The zero-order valence-corrected chi connectivity index (χ0v) is 14.2. The molecule has 0 unspecified atom stereocenters. The van der Waals surface area contributed by atoms with Crippen molar-refractivity contribution in [1.29, 1.82) is 0 Å². The second-order valence-electron chi connectivity index (χ2n) is 5.15. The monoisotopic (exact) mass is 365 g/mol. The first-order chi connectivity index (χ1) is 11.9. The zero-order valence-electron chi connectivity index (χ0n) is 13.3. The van der Waals surface area contributed by atoms with Gasteiger partial charge in [0.2, 0.25) is 5.95 Å². The number of aromatic nitrogens is 3. The van der Waals surface area contributed by atoms with E-state index in [0.717, 1.165) is 27.8 Å². The molecule has 0 aliphatic carbocycles. The Morgan fingerprint density at radius 2 is 1.92 bits per heavy atom. The Labute approximate surface area is 146 Å². The molecule has 2 N–H and O–H groups in total. The average molecular weight is 365 g/mol. The van der Waals surface area contributed by atoms with Crippen LogP contribution in [0.3, 0.4) is 0 Å². The fraction of sp³-hybridized carbons (Fsp3) is 0.188. The minimum Gasteiger partial charge on any atom is -0.365 e. The van der Waals surface area contributed by atoms with E-state index in [1.807, 2.05) is 6.92 Å². The lowest BCUT2D eigenvalue weighted by Crippen LogP contribution is -2.05. The Hall–Kier alpha value is -2.68. The third-order valence-electron chi connectivity index (χ3n) is 3.34. The van der Waals surface area contributed by atoms with Gasteiger partial charge in [-0.1, -0.05) is 17.4 Å². The van der Waals surface area contributed by atoms with Crippen molar-refractivity contribution in [2.45, 2.75) is 13.1 Å². The average Bonchev–Trinajstić information content (AvgIpc) is 2.96. The minimum atomic E-state index is -4.40. The summed E-state index contributed by atoms with van der Waals surface area (Å²) in [6, 6.07) is 6.64. The van der Waals surface area contributed by atoms with E-state index in [0.29, 0.717) is 5.69 Å². The number of nitrogens with one attached hydrogen (secondary N) is 2. The van der Waals surface area contributed by atoms with E-state index in [4.69, 9.17) is 0 Å². The molecule has 9 heteroatoms. The molecule has 130 valence electrons. The van der Waals surface area contributed by atoms with Gasteiger partial charge in [0.05, 0.1) is 21.8 Å². The predicted molar refractivity (Wildman–Crippen MR) is 92.2 cm³/mol. The summed E-state index contributed by atoms with van der Waals surface area (Å²) in [6.07, 6.45) is -2.85. The van der Waals surface area contributed by atoms with E-state index < -0.39 is 11.7 Å². The Balaban J connectivity index is 1.89. The number of rotatable bonds is 4. The number of anilines is 3. The number of benzene rings is 1. The summed E-state index contributed by atoms with van der Waals surface area (Å²) in [7, 11) is 1.78. The first kappa shape index (κ1) is 17.2. The number of halogens is 3. The van der Waals surface area contributed by atoms with E-state index in [1.165, 1.54) is 23.5 Å². The van der Waals surface area contributed by atoms with Crippen molar-refractivity contribution in [3.05, 3.63) is 47.8 Å². The van der Waals surface area contributed by atoms with Crippen LogP contribution in [0.25, 0.3) is 10.6 Å². The smallest absolute Gasteiger partial charge is 0.365 e. The molecule has 0 aliphatic rings. The molecule has 0 bridgehead atoms. The molecule has 0 aliphatic heterocycles. The molecule has 3 aromatic rings. The summed E-state index contributed by atoms with van der Waals surface area (Å²) in [6.45, 7) is 1.87. The highest BCUT2D eigenvalue weighted by atomic mass is 32.1. The van der Waals surface area contributed by atoms with Crippen LogP contribution in [0.5, 0.6) is 0 Å². The Kier molecular flexibility index (Phi) is 4.58. The van der Waals surface area contributed by atoms with Gasteiger partial charge in [0.15, 0.2) is 5.13 Å². The topological polar surface area (TPSA) is 62.7 Å². The standard InChI is InChI=1S/C16H14F3N5S/c1-9-13(25-15(20-2)22-9)12-6-7-21-14(24-12)23-11-5-3-4-10(8-11)16(17,18)19/h3-8H,1-2H3,(H,20,22)(H,21,23,24). The molecular weight excluding hydrogens is 351 g/mol. The molecule has 0 saturated carbocycles. The van der Waals surface area contributed by atoms with Gasteiger partial charge in [-0.3, -0.25) is 0 Å². The SMILES string of the molecule is CNc1nc(C)c(-c2ccnc(Nc3cccc(C(F)(F)F)c3)n2)s1. The lowest BCUT2D eigenvalue weighted by Gasteiger charge is -2.10. The third kappa shape index (κ3) is 3.87. The number of thiazole rings is 1. The normalized spacial score (nSPS) is 11.4. The molecule has 2 heterocycles. The summed E-state index contributed by atoms with van der Waals surface area (Å²) in [4.78, 5) is 13.7. The van der Waals surface area contributed by atoms with Crippen molar-refractivity contribution in [3.8, 4) is 10.6 Å². The third-order valence-corrected chi connectivity index (χ3v) is 4.54. The second kappa shape index (κ2) is 6.67. The quantitative estimate of drug-likeness (QED) is 0.701. The van der Waals surface area contributed by atoms with Gasteiger partial charge in [-0.05, 0) is 31.2 Å². The van der Waals surface area contributed by atoms with Gasteiger partial charge >= 0.3 is 6.18 Å². The van der Waals surface area contributed by atoms with Gasteiger partial charge < -0.3 is 10.6 Å². The highest BCUT2D eigenvalue weighted by molar-refractivity contribution is 7.19. The van der Waals surface area contributed by atoms with Crippen LogP contribution in [0, 0.1) is 6.92 Å². The molecule has 0 amide bonds. The highest BCUT2D eigenvalue weighted by Gasteiger charge is 2.30. The van der Waals surface area contributed by atoms with E-state index in [2.05, 4.69) is 25.6 Å². The van der Waals surface area contributed by atoms with Gasteiger partial charge in [0.1, 0.15) is 0 Å². The van der Waals surface area contributed by atoms with Gasteiger partial charge in [0.25, 0.3) is 0 Å². The van der Waals surface area contributed by atoms with Gasteiger partial charge in [-0.25, -0.2) is 15.0 Å². The number of hydrogen-bond acceptors (Lipinski definition) is 6. The second-order valence-corrected chi connectivity index (χ2v) is 6.15. The zero-order chi connectivity index (χ0) is 18.0. The van der Waals surface area contributed by atoms with E-state index >= 15 is 0 Å². The summed E-state index contributed by atoms with van der Waals surface area (Å²) in [5.74, 6) is 0.218. The van der Waals surface area contributed by atoms with Crippen molar-refractivity contribution in [3.63, 3.8) is 0 Å². The highest BCUT2D eigenvalue weighted by Crippen LogP contribution is 2.33. The molecule has 0 atom stereocenters. The van der Waals surface area contributed by atoms with Crippen molar-refractivity contribution in [2.75, 3.05) is 17.7 Å². The van der Waals surface area contributed by atoms with Gasteiger partial charge in [0, 0.05) is 18.9 Å². The molecular formula is C16H14F3N5S. The molecule has 0 spiro atoms. The Morgan fingerprint density at radius 3 is 2.60 bits per heavy atom. The summed E-state index contributed by atoms with van der Waals surface area (Å²) in [5.41, 5.74) is 1.01. The van der Waals surface area contributed by atoms with Crippen LogP contribution in [0.1, 0.15) is 11.3 Å². The van der Waals surface area contributed by atoms with Crippen molar-refractivity contribution < 1.29 is 13.2 Å².